The SMILES string of the molecule is Nc1nc(=O)n([C@H]2C[C@H](O)[C@@H](COCN3CCCCC3)O2)cc1I. The second kappa shape index (κ2) is 8.09. The first-order valence-corrected chi connectivity index (χ1v) is 9.30. The average molecular weight is 450 g/mol. The van der Waals surface area contributed by atoms with Gasteiger partial charge >= 0.3 is 5.69 Å². The molecule has 3 heterocycles. The van der Waals surface area contributed by atoms with Gasteiger partial charge in [0.05, 0.1) is 23.0 Å². The van der Waals surface area contributed by atoms with Gasteiger partial charge in [-0.25, -0.2) is 4.79 Å². The van der Waals surface area contributed by atoms with Crippen molar-refractivity contribution in [3.63, 3.8) is 0 Å². The highest BCUT2D eigenvalue weighted by molar-refractivity contribution is 14.1. The summed E-state index contributed by atoms with van der Waals surface area (Å²) in [6.07, 6.45) is 3.99. The van der Waals surface area contributed by atoms with Crippen molar-refractivity contribution in [2.75, 3.05) is 32.2 Å². The van der Waals surface area contributed by atoms with Crippen LogP contribution in [0.4, 0.5) is 5.82 Å². The Balaban J connectivity index is 1.54. The maximum absolute atomic E-state index is 12.0. The molecule has 1 aromatic rings. The highest BCUT2D eigenvalue weighted by Crippen LogP contribution is 2.28. The standard InChI is InChI=1S/C15H23IN4O4/c16-10-7-20(15(22)18-14(10)17)13-6-11(21)12(24-13)8-23-9-19-4-2-1-3-5-19/h7,11-13,21H,1-6,8-9H2,(H2,17,18,22)/t11-,12+,13+/m0/s1. The molecule has 0 saturated carbocycles. The van der Waals surface area contributed by atoms with Gasteiger partial charge in [-0.15, -0.1) is 0 Å². The molecule has 0 aliphatic carbocycles. The van der Waals surface area contributed by atoms with Crippen molar-refractivity contribution in [1.29, 1.82) is 0 Å². The summed E-state index contributed by atoms with van der Waals surface area (Å²) in [6.45, 7) is 2.98. The normalized spacial score (nSPS) is 28.3. The van der Waals surface area contributed by atoms with Crippen LogP contribution in [0.1, 0.15) is 31.9 Å². The Morgan fingerprint density at radius 1 is 1.42 bits per heavy atom. The maximum atomic E-state index is 12.0. The Kier molecular flexibility index (Phi) is 6.08. The summed E-state index contributed by atoms with van der Waals surface area (Å²) in [7, 11) is 0. The number of aromatic nitrogens is 2. The summed E-state index contributed by atoms with van der Waals surface area (Å²) >= 11 is 2.02. The zero-order chi connectivity index (χ0) is 17.1. The van der Waals surface area contributed by atoms with E-state index in [0.717, 1.165) is 13.1 Å². The van der Waals surface area contributed by atoms with E-state index < -0.39 is 24.1 Å². The lowest BCUT2D eigenvalue weighted by Gasteiger charge is -2.26. The molecule has 2 fully saturated rings. The molecule has 3 rings (SSSR count). The molecule has 0 radical (unpaired) electrons. The summed E-state index contributed by atoms with van der Waals surface area (Å²) in [5, 5.41) is 10.2. The number of aliphatic hydroxyl groups is 1. The molecule has 3 N–H and O–H groups in total. The van der Waals surface area contributed by atoms with Crippen LogP contribution in [0.25, 0.3) is 0 Å². The number of hydrogen-bond donors (Lipinski definition) is 2. The van der Waals surface area contributed by atoms with E-state index in [1.807, 2.05) is 22.6 Å². The number of hydrogen-bond acceptors (Lipinski definition) is 7. The van der Waals surface area contributed by atoms with Gasteiger partial charge in [-0.3, -0.25) is 9.47 Å². The van der Waals surface area contributed by atoms with E-state index in [1.54, 1.807) is 6.20 Å². The number of nitrogens with zero attached hydrogens (tertiary/aromatic N) is 3. The molecule has 2 aliphatic rings. The number of anilines is 1. The molecule has 0 spiro atoms. The first kappa shape index (κ1) is 18.1. The van der Waals surface area contributed by atoms with Crippen LogP contribution in [-0.2, 0) is 9.47 Å². The second-order valence-electron chi connectivity index (χ2n) is 6.27. The van der Waals surface area contributed by atoms with Crippen LogP contribution in [-0.4, -0.2) is 58.2 Å². The van der Waals surface area contributed by atoms with Crippen molar-refractivity contribution in [1.82, 2.24) is 14.5 Å². The van der Waals surface area contributed by atoms with Gasteiger partial charge in [-0.1, -0.05) is 6.42 Å². The van der Waals surface area contributed by atoms with Crippen LogP contribution in [0.5, 0.6) is 0 Å². The molecule has 24 heavy (non-hydrogen) atoms. The smallest absolute Gasteiger partial charge is 0.351 e. The van der Waals surface area contributed by atoms with E-state index in [0.29, 0.717) is 23.3 Å². The molecule has 9 heteroatoms. The van der Waals surface area contributed by atoms with Crippen LogP contribution in [0.3, 0.4) is 0 Å². The molecule has 1 aromatic heterocycles. The monoisotopic (exact) mass is 450 g/mol. The lowest BCUT2D eigenvalue weighted by Crippen LogP contribution is -2.35. The average Bonchev–Trinajstić information content (AvgIpc) is 2.93. The number of aliphatic hydroxyl groups excluding tert-OH is 1. The summed E-state index contributed by atoms with van der Waals surface area (Å²) < 4.78 is 13.6. The fourth-order valence-electron chi connectivity index (χ4n) is 3.09. The van der Waals surface area contributed by atoms with E-state index in [-0.39, 0.29) is 5.82 Å². The van der Waals surface area contributed by atoms with E-state index >= 15 is 0 Å². The van der Waals surface area contributed by atoms with Crippen molar-refractivity contribution in [3.05, 3.63) is 20.3 Å². The third kappa shape index (κ3) is 4.26. The first-order chi connectivity index (χ1) is 11.5. The molecule has 2 saturated heterocycles. The Hall–Kier alpha value is -0.750. The largest absolute Gasteiger partial charge is 0.390 e. The van der Waals surface area contributed by atoms with Crippen molar-refractivity contribution in [2.24, 2.45) is 0 Å². The number of halogens is 1. The number of rotatable bonds is 5. The number of piperidine rings is 1. The van der Waals surface area contributed by atoms with Gasteiger partial charge in [0.2, 0.25) is 0 Å². The highest BCUT2D eigenvalue weighted by Gasteiger charge is 2.36. The van der Waals surface area contributed by atoms with Crippen LogP contribution >= 0.6 is 22.6 Å². The van der Waals surface area contributed by atoms with E-state index in [4.69, 9.17) is 15.2 Å². The van der Waals surface area contributed by atoms with E-state index in [1.165, 1.54) is 23.8 Å². The van der Waals surface area contributed by atoms with Crippen LogP contribution in [0.15, 0.2) is 11.0 Å². The fourth-order valence-corrected chi connectivity index (χ4v) is 3.51. The summed E-state index contributed by atoms with van der Waals surface area (Å²) in [5.41, 5.74) is 5.16. The minimum absolute atomic E-state index is 0.205. The third-order valence-electron chi connectivity index (χ3n) is 4.45. The maximum Gasteiger partial charge on any atom is 0.351 e. The predicted molar refractivity (Wildman–Crippen MR) is 96.4 cm³/mol. The summed E-state index contributed by atoms with van der Waals surface area (Å²) in [4.78, 5) is 18.0. The van der Waals surface area contributed by atoms with E-state index in [9.17, 15) is 9.90 Å². The van der Waals surface area contributed by atoms with Crippen LogP contribution in [0, 0.1) is 3.57 Å². The minimum atomic E-state index is -0.668. The molecule has 0 aromatic carbocycles. The lowest BCUT2D eigenvalue weighted by atomic mass is 10.1. The van der Waals surface area contributed by atoms with Crippen molar-refractivity contribution in [2.45, 2.75) is 44.1 Å². The van der Waals surface area contributed by atoms with Crippen molar-refractivity contribution >= 4 is 28.4 Å². The number of nitrogen functional groups attached to an aromatic ring is 1. The quantitative estimate of drug-likeness (QED) is 0.632. The Morgan fingerprint density at radius 2 is 2.17 bits per heavy atom. The molecule has 134 valence electrons. The van der Waals surface area contributed by atoms with Gasteiger partial charge in [0.15, 0.2) is 0 Å². The Bertz CT molecular complexity index is 620. The highest BCUT2D eigenvalue weighted by atomic mass is 127. The number of ether oxygens (including phenoxy) is 2. The number of nitrogens with two attached hydrogens (primary N) is 1. The summed E-state index contributed by atoms with van der Waals surface area (Å²) in [5.74, 6) is 0.205. The van der Waals surface area contributed by atoms with Gasteiger partial charge in [0.25, 0.3) is 0 Å². The molecular weight excluding hydrogens is 427 g/mol. The lowest BCUT2D eigenvalue weighted by molar-refractivity contribution is -0.0828. The van der Waals surface area contributed by atoms with Gasteiger partial charge in [-0.05, 0) is 35.4 Å². The topological polar surface area (TPSA) is 103 Å². The minimum Gasteiger partial charge on any atom is -0.390 e. The van der Waals surface area contributed by atoms with Crippen LogP contribution < -0.4 is 11.4 Å². The molecule has 2 aliphatic heterocycles. The Labute approximate surface area is 154 Å². The molecule has 3 atom stereocenters. The predicted octanol–water partition coefficient (Wildman–Crippen LogP) is 0.538. The molecule has 0 bridgehead atoms. The van der Waals surface area contributed by atoms with Gasteiger partial charge in [0.1, 0.15) is 18.1 Å². The zero-order valence-electron chi connectivity index (χ0n) is 13.4. The fraction of sp³-hybridized carbons (Fsp3) is 0.733. The van der Waals surface area contributed by atoms with Crippen molar-refractivity contribution < 1.29 is 14.6 Å². The zero-order valence-corrected chi connectivity index (χ0v) is 15.6. The molecule has 0 amide bonds. The Morgan fingerprint density at radius 3 is 2.92 bits per heavy atom. The van der Waals surface area contributed by atoms with Gasteiger partial charge < -0.3 is 20.3 Å². The molecular formula is C15H23IN4O4. The van der Waals surface area contributed by atoms with Crippen LogP contribution in [0.2, 0.25) is 0 Å². The number of likely N-dealkylation sites (tertiary alicyclic amines) is 1. The second-order valence-corrected chi connectivity index (χ2v) is 7.44. The molecule has 0 unspecified atom stereocenters. The third-order valence-corrected chi connectivity index (χ3v) is 5.28. The van der Waals surface area contributed by atoms with E-state index in [2.05, 4.69) is 9.88 Å². The first-order valence-electron chi connectivity index (χ1n) is 8.22. The van der Waals surface area contributed by atoms with Gasteiger partial charge in [0, 0.05) is 25.7 Å². The van der Waals surface area contributed by atoms with Crippen molar-refractivity contribution in [3.8, 4) is 0 Å². The summed E-state index contributed by atoms with van der Waals surface area (Å²) in [6, 6.07) is 0. The van der Waals surface area contributed by atoms with Gasteiger partial charge in [-0.2, -0.15) is 4.98 Å². The molecule has 8 nitrogen and oxygen atoms in total.